The van der Waals surface area contributed by atoms with Crippen molar-refractivity contribution in [1.29, 1.82) is 0 Å². The summed E-state index contributed by atoms with van der Waals surface area (Å²) in [5.41, 5.74) is 2.07. The van der Waals surface area contributed by atoms with Crippen LogP contribution < -0.4 is 10.1 Å². The van der Waals surface area contributed by atoms with Crippen molar-refractivity contribution in [2.24, 2.45) is 5.92 Å². The molecule has 35 heavy (non-hydrogen) atoms. The molecular formula is C27H30N4O3S. The molecule has 3 N–H and O–H groups in total. The molecule has 2 heterocycles. The zero-order valence-corrected chi connectivity index (χ0v) is 20.4. The van der Waals surface area contributed by atoms with Crippen molar-refractivity contribution in [2.75, 3.05) is 19.6 Å². The maximum absolute atomic E-state index is 13.5. The van der Waals surface area contributed by atoms with E-state index in [1.165, 1.54) is 5.01 Å². The standard InChI is InChI=1S/C27H30N4O3S/c32-27(15-14-22-18-29-25-12-4-3-10-23(22)25)31(19-20-7-6-16-28-17-20)30-35(33,34)26-13-5-9-21-8-1-2-11-24(21)26/h1-5,8-13,18,20,28-30H,6-7,14-17,19H2/t20-/m0/s1. The number of amides is 1. The van der Waals surface area contributed by atoms with E-state index in [1.807, 2.05) is 54.7 Å². The van der Waals surface area contributed by atoms with Gasteiger partial charge in [-0.1, -0.05) is 54.6 Å². The number of nitrogens with zero attached hydrogens (tertiary/aromatic N) is 1. The minimum Gasteiger partial charge on any atom is -0.361 e. The minimum absolute atomic E-state index is 0.173. The van der Waals surface area contributed by atoms with E-state index >= 15 is 0 Å². The highest BCUT2D eigenvalue weighted by molar-refractivity contribution is 7.89. The van der Waals surface area contributed by atoms with Crippen molar-refractivity contribution in [3.05, 3.63) is 78.5 Å². The Hall–Kier alpha value is -3.20. The van der Waals surface area contributed by atoms with Gasteiger partial charge in [-0.3, -0.25) is 9.80 Å². The average molecular weight is 491 g/mol. The molecule has 4 aromatic rings. The van der Waals surface area contributed by atoms with Gasteiger partial charge < -0.3 is 10.3 Å². The summed E-state index contributed by atoms with van der Waals surface area (Å²) in [6, 6.07) is 20.5. The summed E-state index contributed by atoms with van der Waals surface area (Å²) in [5, 5.41) is 7.23. The third kappa shape index (κ3) is 5.24. The normalized spacial score (nSPS) is 16.5. The number of aryl methyl sites for hydroxylation is 1. The number of carbonyl (C=O) groups is 1. The van der Waals surface area contributed by atoms with Crippen LogP contribution in [0.1, 0.15) is 24.8 Å². The predicted molar refractivity (Wildman–Crippen MR) is 138 cm³/mol. The second kappa shape index (κ2) is 10.2. The van der Waals surface area contributed by atoms with Crippen LogP contribution in [0.3, 0.4) is 0 Å². The molecule has 182 valence electrons. The van der Waals surface area contributed by atoms with Crippen molar-refractivity contribution in [3.63, 3.8) is 0 Å². The number of fused-ring (bicyclic) bond motifs is 2. The van der Waals surface area contributed by atoms with Crippen LogP contribution >= 0.6 is 0 Å². The number of H-pyrrole nitrogens is 1. The zero-order chi connectivity index (χ0) is 24.3. The van der Waals surface area contributed by atoms with Crippen LogP contribution in [0, 0.1) is 5.92 Å². The maximum atomic E-state index is 13.5. The lowest BCUT2D eigenvalue weighted by atomic mass is 9.99. The maximum Gasteiger partial charge on any atom is 0.258 e. The van der Waals surface area contributed by atoms with Crippen LogP contribution in [0.4, 0.5) is 0 Å². The van der Waals surface area contributed by atoms with E-state index in [4.69, 9.17) is 0 Å². The largest absolute Gasteiger partial charge is 0.361 e. The first-order valence-electron chi connectivity index (χ1n) is 12.1. The molecule has 0 unspecified atom stereocenters. The van der Waals surface area contributed by atoms with Crippen molar-refractivity contribution in [1.82, 2.24) is 20.1 Å². The Morgan fingerprint density at radius 1 is 1.00 bits per heavy atom. The molecule has 0 radical (unpaired) electrons. The first-order valence-corrected chi connectivity index (χ1v) is 13.6. The fourth-order valence-corrected chi connectivity index (χ4v) is 6.17. The Kier molecular flexibility index (Phi) is 6.86. The summed E-state index contributed by atoms with van der Waals surface area (Å²) in [5.74, 6) is -0.0410. The molecule has 0 aliphatic carbocycles. The number of carbonyl (C=O) groups excluding carboxylic acids is 1. The number of hydrazine groups is 1. The van der Waals surface area contributed by atoms with Gasteiger partial charge in [0, 0.05) is 35.5 Å². The van der Waals surface area contributed by atoms with Gasteiger partial charge in [0.15, 0.2) is 0 Å². The van der Waals surface area contributed by atoms with Crippen LogP contribution in [-0.4, -0.2) is 44.0 Å². The first-order chi connectivity index (χ1) is 17.0. The summed E-state index contributed by atoms with van der Waals surface area (Å²) in [4.78, 5) is 19.4. The summed E-state index contributed by atoms with van der Waals surface area (Å²) in [6.07, 6.45) is 4.62. The number of hydrogen-bond acceptors (Lipinski definition) is 4. The molecule has 0 spiro atoms. The van der Waals surface area contributed by atoms with Crippen molar-refractivity contribution in [2.45, 2.75) is 30.6 Å². The molecular weight excluding hydrogens is 460 g/mol. The summed E-state index contributed by atoms with van der Waals surface area (Å²) >= 11 is 0. The van der Waals surface area contributed by atoms with Crippen molar-refractivity contribution in [3.8, 4) is 0 Å². The van der Waals surface area contributed by atoms with Crippen LogP contribution in [0.15, 0.2) is 77.8 Å². The number of aromatic nitrogens is 1. The van der Waals surface area contributed by atoms with E-state index in [-0.39, 0.29) is 23.1 Å². The third-order valence-electron chi connectivity index (χ3n) is 6.69. The van der Waals surface area contributed by atoms with Gasteiger partial charge in [-0.25, -0.2) is 8.42 Å². The number of nitrogens with one attached hydrogen (secondary N) is 3. The lowest BCUT2D eigenvalue weighted by molar-refractivity contribution is -0.133. The fourth-order valence-electron chi connectivity index (χ4n) is 4.87. The Morgan fingerprint density at radius 2 is 1.77 bits per heavy atom. The van der Waals surface area contributed by atoms with E-state index < -0.39 is 10.0 Å². The van der Waals surface area contributed by atoms with Crippen molar-refractivity contribution >= 4 is 37.6 Å². The van der Waals surface area contributed by atoms with Gasteiger partial charge in [0.25, 0.3) is 10.0 Å². The molecule has 5 rings (SSSR count). The third-order valence-corrected chi connectivity index (χ3v) is 8.09. The lowest BCUT2D eigenvalue weighted by Crippen LogP contribution is -2.50. The number of benzene rings is 3. The number of aromatic amines is 1. The van der Waals surface area contributed by atoms with E-state index in [0.717, 1.165) is 47.8 Å². The van der Waals surface area contributed by atoms with Crippen LogP contribution in [0.5, 0.6) is 0 Å². The molecule has 7 nitrogen and oxygen atoms in total. The van der Waals surface area contributed by atoms with E-state index in [1.54, 1.807) is 18.2 Å². The number of sulfonamides is 1. The van der Waals surface area contributed by atoms with Gasteiger partial charge in [-0.05, 0) is 61.4 Å². The Labute approximate surface area is 205 Å². The van der Waals surface area contributed by atoms with Gasteiger partial charge in [0.05, 0.1) is 4.90 Å². The molecule has 8 heteroatoms. The Balaban J connectivity index is 1.38. The summed E-state index contributed by atoms with van der Waals surface area (Å²) in [6.45, 7) is 2.05. The molecule has 1 fully saturated rings. The first kappa shape index (κ1) is 23.5. The second-order valence-electron chi connectivity index (χ2n) is 9.15. The fraction of sp³-hybridized carbons (Fsp3) is 0.296. The van der Waals surface area contributed by atoms with Crippen LogP contribution in [0.2, 0.25) is 0 Å². The molecule has 0 saturated carbocycles. The van der Waals surface area contributed by atoms with Crippen LogP contribution in [0.25, 0.3) is 21.7 Å². The van der Waals surface area contributed by atoms with E-state index in [9.17, 15) is 13.2 Å². The predicted octanol–water partition coefficient (Wildman–Crippen LogP) is 3.98. The number of hydrogen-bond donors (Lipinski definition) is 3. The summed E-state index contributed by atoms with van der Waals surface area (Å²) < 4.78 is 27.0. The quantitative estimate of drug-likeness (QED) is 0.326. The smallest absolute Gasteiger partial charge is 0.258 e. The van der Waals surface area contributed by atoms with Gasteiger partial charge in [0.1, 0.15) is 0 Å². The topological polar surface area (TPSA) is 94.3 Å². The molecule has 1 aromatic heterocycles. The van der Waals surface area contributed by atoms with Gasteiger partial charge in [-0.15, -0.1) is 4.83 Å². The Morgan fingerprint density at radius 3 is 2.60 bits per heavy atom. The highest BCUT2D eigenvalue weighted by Crippen LogP contribution is 2.24. The monoisotopic (exact) mass is 490 g/mol. The molecule has 1 saturated heterocycles. The molecule has 1 atom stereocenters. The number of para-hydroxylation sites is 1. The molecule has 1 amide bonds. The average Bonchev–Trinajstić information content (AvgIpc) is 3.30. The van der Waals surface area contributed by atoms with E-state index in [2.05, 4.69) is 15.1 Å². The number of piperidine rings is 1. The van der Waals surface area contributed by atoms with Gasteiger partial charge in [0.2, 0.25) is 5.91 Å². The zero-order valence-electron chi connectivity index (χ0n) is 19.5. The van der Waals surface area contributed by atoms with Gasteiger partial charge in [-0.2, -0.15) is 0 Å². The highest BCUT2D eigenvalue weighted by atomic mass is 32.2. The SMILES string of the molecule is O=C(CCc1c[nH]c2ccccc12)N(C[C@H]1CCCNC1)NS(=O)(=O)c1cccc2ccccc12. The van der Waals surface area contributed by atoms with Gasteiger partial charge >= 0.3 is 0 Å². The molecule has 3 aromatic carbocycles. The minimum atomic E-state index is -3.96. The highest BCUT2D eigenvalue weighted by Gasteiger charge is 2.27. The lowest BCUT2D eigenvalue weighted by Gasteiger charge is -2.30. The molecule has 1 aliphatic heterocycles. The second-order valence-corrected chi connectivity index (χ2v) is 10.8. The van der Waals surface area contributed by atoms with E-state index in [0.29, 0.717) is 18.4 Å². The Bertz CT molecular complexity index is 1440. The molecule has 0 bridgehead atoms. The van der Waals surface area contributed by atoms with Crippen molar-refractivity contribution < 1.29 is 13.2 Å². The number of rotatable bonds is 8. The van der Waals surface area contributed by atoms with Crippen LogP contribution in [-0.2, 0) is 21.2 Å². The molecule has 1 aliphatic rings. The summed E-state index contributed by atoms with van der Waals surface area (Å²) in [7, 11) is -3.96.